The summed E-state index contributed by atoms with van der Waals surface area (Å²) in [5.41, 5.74) is 0.974. The molecule has 2 N–H and O–H groups in total. The van der Waals surface area contributed by atoms with Crippen molar-refractivity contribution in [2.75, 3.05) is 19.8 Å². The Balaban J connectivity index is 1.61. The molecule has 0 aliphatic heterocycles. The second-order valence-corrected chi connectivity index (χ2v) is 6.58. The first kappa shape index (κ1) is 20.4. The summed E-state index contributed by atoms with van der Waals surface area (Å²) >= 11 is 1.60. The monoisotopic (exact) mass is 390 g/mol. The van der Waals surface area contributed by atoms with Gasteiger partial charge in [-0.25, -0.2) is 9.59 Å². The fraction of sp³-hybridized carbons (Fsp3) is 0.316. The molecule has 2 rings (SSSR count). The number of urea groups is 1. The Kier molecular flexibility index (Phi) is 8.31. The van der Waals surface area contributed by atoms with Crippen molar-refractivity contribution in [1.29, 1.82) is 0 Å². The Morgan fingerprint density at radius 3 is 2.63 bits per heavy atom. The van der Waals surface area contributed by atoms with Crippen LogP contribution in [-0.2, 0) is 27.2 Å². The standard InChI is InChI=1S/C19H22N2O5S/c1-2-14-6-3-4-8-16(14)25-13-18(23)26-12-17(22)21-19(24)20-10-9-15-7-5-11-27-15/h3-8,11H,2,9-10,12-13H2,1H3,(H2,20,21,22,24). The van der Waals surface area contributed by atoms with Crippen LogP contribution in [0.1, 0.15) is 17.4 Å². The number of amides is 3. The van der Waals surface area contributed by atoms with Crippen molar-refractivity contribution >= 4 is 29.2 Å². The van der Waals surface area contributed by atoms with Gasteiger partial charge in [-0.2, -0.15) is 0 Å². The predicted octanol–water partition coefficient (Wildman–Crippen LogP) is 2.30. The highest BCUT2D eigenvalue weighted by molar-refractivity contribution is 7.09. The van der Waals surface area contributed by atoms with E-state index in [0.717, 1.165) is 16.9 Å². The Bertz CT molecular complexity index is 761. The molecule has 3 amide bonds. The van der Waals surface area contributed by atoms with Crippen LogP contribution in [0.25, 0.3) is 0 Å². The van der Waals surface area contributed by atoms with Gasteiger partial charge in [-0.15, -0.1) is 11.3 Å². The number of nitrogens with one attached hydrogen (secondary N) is 2. The van der Waals surface area contributed by atoms with Gasteiger partial charge in [0.25, 0.3) is 5.91 Å². The molecule has 1 heterocycles. The molecular weight excluding hydrogens is 368 g/mol. The van der Waals surface area contributed by atoms with Gasteiger partial charge in [0.1, 0.15) is 5.75 Å². The first-order valence-corrected chi connectivity index (χ1v) is 9.43. The van der Waals surface area contributed by atoms with Crippen LogP contribution in [0, 0.1) is 0 Å². The van der Waals surface area contributed by atoms with E-state index < -0.39 is 24.5 Å². The lowest BCUT2D eigenvalue weighted by molar-refractivity contribution is -0.150. The van der Waals surface area contributed by atoms with Gasteiger partial charge in [0, 0.05) is 11.4 Å². The molecular formula is C19H22N2O5S. The van der Waals surface area contributed by atoms with E-state index in [1.165, 1.54) is 0 Å². The smallest absolute Gasteiger partial charge is 0.344 e. The van der Waals surface area contributed by atoms with Crippen molar-refractivity contribution < 1.29 is 23.9 Å². The summed E-state index contributed by atoms with van der Waals surface area (Å²) < 4.78 is 10.2. The number of para-hydroxylation sites is 1. The summed E-state index contributed by atoms with van der Waals surface area (Å²) in [7, 11) is 0. The molecule has 0 fully saturated rings. The molecule has 0 radical (unpaired) electrons. The molecule has 0 saturated carbocycles. The average molecular weight is 390 g/mol. The molecule has 0 unspecified atom stereocenters. The first-order valence-electron chi connectivity index (χ1n) is 8.55. The molecule has 1 aromatic carbocycles. The SMILES string of the molecule is CCc1ccccc1OCC(=O)OCC(=O)NC(=O)NCCc1cccs1. The van der Waals surface area contributed by atoms with Crippen LogP contribution in [0.5, 0.6) is 5.75 Å². The minimum atomic E-state index is -0.703. The van der Waals surface area contributed by atoms with Crippen molar-refractivity contribution in [2.45, 2.75) is 19.8 Å². The molecule has 0 spiro atoms. The zero-order chi connectivity index (χ0) is 19.5. The van der Waals surface area contributed by atoms with Crippen LogP contribution in [0.4, 0.5) is 4.79 Å². The zero-order valence-electron chi connectivity index (χ0n) is 15.0. The summed E-state index contributed by atoms with van der Waals surface area (Å²) in [4.78, 5) is 36.1. The Morgan fingerprint density at radius 1 is 1.07 bits per heavy atom. The van der Waals surface area contributed by atoms with Crippen LogP contribution in [0.2, 0.25) is 0 Å². The van der Waals surface area contributed by atoms with Crippen LogP contribution < -0.4 is 15.4 Å². The number of esters is 1. The summed E-state index contributed by atoms with van der Waals surface area (Å²) in [5.74, 6) is -0.786. The third kappa shape index (κ3) is 7.49. The minimum Gasteiger partial charge on any atom is -0.482 e. The number of imide groups is 1. The van der Waals surface area contributed by atoms with Gasteiger partial charge in [0.05, 0.1) is 0 Å². The number of thiophene rings is 1. The van der Waals surface area contributed by atoms with E-state index >= 15 is 0 Å². The van der Waals surface area contributed by atoms with E-state index in [1.807, 2.05) is 42.6 Å². The number of rotatable bonds is 9. The molecule has 8 heteroatoms. The average Bonchev–Trinajstić information content (AvgIpc) is 3.18. The number of carbonyl (C=O) groups excluding carboxylic acids is 3. The van der Waals surface area contributed by atoms with Gasteiger partial charge in [0.15, 0.2) is 13.2 Å². The lowest BCUT2D eigenvalue weighted by Crippen LogP contribution is -2.42. The van der Waals surface area contributed by atoms with Gasteiger partial charge < -0.3 is 14.8 Å². The van der Waals surface area contributed by atoms with Crippen LogP contribution >= 0.6 is 11.3 Å². The Morgan fingerprint density at radius 2 is 1.89 bits per heavy atom. The fourth-order valence-electron chi connectivity index (χ4n) is 2.22. The molecule has 0 bridgehead atoms. The maximum atomic E-state index is 11.7. The van der Waals surface area contributed by atoms with Crippen LogP contribution in [0.3, 0.4) is 0 Å². The van der Waals surface area contributed by atoms with E-state index in [-0.39, 0.29) is 6.61 Å². The highest BCUT2D eigenvalue weighted by Crippen LogP contribution is 2.18. The lowest BCUT2D eigenvalue weighted by atomic mass is 10.1. The molecule has 1 aromatic heterocycles. The van der Waals surface area contributed by atoms with Gasteiger partial charge >= 0.3 is 12.0 Å². The molecule has 0 atom stereocenters. The van der Waals surface area contributed by atoms with Gasteiger partial charge in [-0.1, -0.05) is 31.2 Å². The van der Waals surface area contributed by atoms with Gasteiger partial charge in [-0.3, -0.25) is 10.1 Å². The molecule has 0 aliphatic rings. The van der Waals surface area contributed by atoms with Crippen molar-refractivity contribution in [3.63, 3.8) is 0 Å². The molecule has 27 heavy (non-hydrogen) atoms. The van der Waals surface area contributed by atoms with E-state index in [0.29, 0.717) is 18.7 Å². The Labute approximate surface area is 161 Å². The van der Waals surface area contributed by atoms with Gasteiger partial charge in [0.2, 0.25) is 0 Å². The Hall–Kier alpha value is -2.87. The number of carbonyl (C=O) groups is 3. The van der Waals surface area contributed by atoms with E-state index in [2.05, 4.69) is 10.6 Å². The third-order valence-electron chi connectivity index (χ3n) is 3.55. The highest BCUT2D eigenvalue weighted by Gasteiger charge is 2.12. The summed E-state index contributed by atoms with van der Waals surface area (Å²) in [5, 5.41) is 6.63. The van der Waals surface area contributed by atoms with E-state index in [1.54, 1.807) is 17.4 Å². The number of benzene rings is 1. The predicted molar refractivity (Wildman–Crippen MR) is 102 cm³/mol. The number of hydrogen-bond acceptors (Lipinski definition) is 6. The maximum absolute atomic E-state index is 11.7. The molecule has 7 nitrogen and oxygen atoms in total. The number of ether oxygens (including phenoxy) is 2. The molecule has 0 aliphatic carbocycles. The lowest BCUT2D eigenvalue weighted by Gasteiger charge is -2.10. The highest BCUT2D eigenvalue weighted by atomic mass is 32.1. The second-order valence-electron chi connectivity index (χ2n) is 5.54. The minimum absolute atomic E-state index is 0.308. The number of aryl methyl sites for hydroxylation is 1. The fourth-order valence-corrected chi connectivity index (χ4v) is 2.93. The van der Waals surface area contributed by atoms with E-state index in [9.17, 15) is 14.4 Å². The van der Waals surface area contributed by atoms with Gasteiger partial charge in [-0.05, 0) is 35.9 Å². The second kappa shape index (κ2) is 11.0. The van der Waals surface area contributed by atoms with Crippen molar-refractivity contribution in [1.82, 2.24) is 10.6 Å². The number of hydrogen-bond donors (Lipinski definition) is 2. The molecule has 144 valence electrons. The summed E-state index contributed by atoms with van der Waals surface area (Å²) in [6.07, 6.45) is 1.46. The molecule has 0 saturated heterocycles. The first-order chi connectivity index (χ1) is 13.1. The largest absolute Gasteiger partial charge is 0.482 e. The summed E-state index contributed by atoms with van der Waals surface area (Å²) in [6.45, 7) is 1.54. The molecule has 2 aromatic rings. The maximum Gasteiger partial charge on any atom is 0.344 e. The third-order valence-corrected chi connectivity index (χ3v) is 4.49. The van der Waals surface area contributed by atoms with Crippen molar-refractivity contribution in [2.24, 2.45) is 0 Å². The van der Waals surface area contributed by atoms with Crippen LogP contribution in [-0.4, -0.2) is 37.7 Å². The van der Waals surface area contributed by atoms with Crippen molar-refractivity contribution in [3.05, 3.63) is 52.2 Å². The van der Waals surface area contributed by atoms with Crippen LogP contribution in [0.15, 0.2) is 41.8 Å². The zero-order valence-corrected chi connectivity index (χ0v) is 15.8. The summed E-state index contributed by atoms with van der Waals surface area (Å²) in [6, 6.07) is 10.6. The van der Waals surface area contributed by atoms with E-state index in [4.69, 9.17) is 9.47 Å². The quantitative estimate of drug-likeness (QED) is 0.641. The van der Waals surface area contributed by atoms with Crippen molar-refractivity contribution in [3.8, 4) is 5.75 Å². The normalized spacial score (nSPS) is 10.1. The topological polar surface area (TPSA) is 93.7 Å².